The number of aromatic nitrogens is 5. The molecule has 1 aliphatic heterocycles. The maximum atomic E-state index is 14.2. The van der Waals surface area contributed by atoms with Crippen LogP contribution in [0.1, 0.15) is 55.4 Å². The van der Waals surface area contributed by atoms with E-state index in [1.807, 2.05) is 54.8 Å². The zero-order valence-corrected chi connectivity index (χ0v) is 21.1. The molecule has 184 valence electrons. The normalized spacial score (nSPS) is 15.3. The van der Waals surface area contributed by atoms with Crippen molar-refractivity contribution < 1.29 is 9.18 Å². The number of alkyl halides is 1. The number of fused-ring (bicyclic) bond motifs is 2. The molecule has 0 aliphatic carbocycles. The first-order valence-electron chi connectivity index (χ1n) is 11.9. The van der Waals surface area contributed by atoms with Gasteiger partial charge in [-0.1, -0.05) is 24.1 Å². The van der Waals surface area contributed by atoms with Crippen molar-refractivity contribution in [3.63, 3.8) is 0 Å². The second-order valence-electron chi connectivity index (χ2n) is 9.14. The minimum atomic E-state index is -0.961. The molecule has 1 unspecified atom stereocenters. The van der Waals surface area contributed by atoms with Gasteiger partial charge in [-0.05, 0) is 49.4 Å². The number of aromatic amines is 1. The lowest BCUT2D eigenvalue weighted by Gasteiger charge is -2.17. The number of imidazole rings is 1. The number of halogens is 1. The zero-order chi connectivity index (χ0) is 25.5. The SMILES string of the molecule is Cc1cc(C#Cc2ncsc2C)cc(C(=O)NC(c2cc3ccccc3[nH]2)c2ncn3c2C[C@@H](F)C3)n1. The van der Waals surface area contributed by atoms with Gasteiger partial charge in [0.15, 0.2) is 0 Å². The summed E-state index contributed by atoms with van der Waals surface area (Å²) in [4.78, 5) is 31.3. The number of nitrogens with zero attached hydrogens (tertiary/aromatic N) is 4. The number of thiazole rings is 1. The van der Waals surface area contributed by atoms with E-state index in [1.165, 1.54) is 11.3 Å². The third kappa shape index (κ3) is 4.52. The van der Waals surface area contributed by atoms with Crippen LogP contribution < -0.4 is 5.32 Å². The molecular weight excluding hydrogens is 487 g/mol. The van der Waals surface area contributed by atoms with Gasteiger partial charge >= 0.3 is 0 Å². The summed E-state index contributed by atoms with van der Waals surface area (Å²) in [6.07, 6.45) is 0.947. The second-order valence-corrected chi connectivity index (χ2v) is 10.2. The first-order valence-corrected chi connectivity index (χ1v) is 12.8. The summed E-state index contributed by atoms with van der Waals surface area (Å²) in [6.45, 7) is 4.07. The predicted molar refractivity (Wildman–Crippen MR) is 140 cm³/mol. The highest BCUT2D eigenvalue weighted by Gasteiger charge is 2.31. The van der Waals surface area contributed by atoms with Crippen molar-refractivity contribution in [2.75, 3.05) is 0 Å². The van der Waals surface area contributed by atoms with Gasteiger partial charge in [0.2, 0.25) is 0 Å². The van der Waals surface area contributed by atoms with E-state index < -0.39 is 12.2 Å². The largest absolute Gasteiger partial charge is 0.356 e. The Kier molecular flexibility index (Phi) is 5.81. The van der Waals surface area contributed by atoms with Gasteiger partial charge in [-0.25, -0.2) is 19.3 Å². The molecule has 1 aliphatic rings. The number of hydrogen-bond acceptors (Lipinski definition) is 5. The van der Waals surface area contributed by atoms with Crippen molar-refractivity contribution in [3.05, 3.63) is 98.9 Å². The maximum absolute atomic E-state index is 14.2. The molecule has 0 bridgehead atoms. The minimum Gasteiger partial charge on any atom is -0.356 e. The van der Waals surface area contributed by atoms with E-state index in [-0.39, 0.29) is 24.6 Å². The van der Waals surface area contributed by atoms with Crippen LogP contribution >= 0.6 is 11.3 Å². The number of hydrogen-bond donors (Lipinski definition) is 2. The Hall–Kier alpha value is -4.29. The highest BCUT2D eigenvalue weighted by atomic mass is 32.1. The van der Waals surface area contributed by atoms with E-state index in [0.29, 0.717) is 17.0 Å². The topological polar surface area (TPSA) is 88.5 Å². The fourth-order valence-electron chi connectivity index (χ4n) is 4.69. The first kappa shape index (κ1) is 23.1. The van der Waals surface area contributed by atoms with Crippen molar-refractivity contribution in [2.45, 2.75) is 39.0 Å². The highest BCUT2D eigenvalue weighted by molar-refractivity contribution is 7.09. The second kappa shape index (κ2) is 9.30. The molecule has 1 aromatic carbocycles. The molecule has 2 atom stereocenters. The molecule has 37 heavy (non-hydrogen) atoms. The zero-order valence-electron chi connectivity index (χ0n) is 20.2. The molecule has 1 amide bonds. The maximum Gasteiger partial charge on any atom is 0.270 e. The number of H-pyrrole nitrogens is 1. The van der Waals surface area contributed by atoms with Crippen LogP contribution in [0.2, 0.25) is 0 Å². The highest BCUT2D eigenvalue weighted by Crippen LogP contribution is 2.30. The minimum absolute atomic E-state index is 0.250. The van der Waals surface area contributed by atoms with Crippen LogP contribution in [0.5, 0.6) is 0 Å². The van der Waals surface area contributed by atoms with Crippen molar-refractivity contribution >= 4 is 28.1 Å². The summed E-state index contributed by atoms with van der Waals surface area (Å²) < 4.78 is 16.0. The third-order valence-electron chi connectivity index (χ3n) is 6.45. The van der Waals surface area contributed by atoms with E-state index in [4.69, 9.17) is 0 Å². The van der Waals surface area contributed by atoms with Crippen molar-refractivity contribution in [1.82, 2.24) is 29.8 Å². The van der Waals surface area contributed by atoms with Gasteiger partial charge in [-0.2, -0.15) is 0 Å². The molecule has 0 fully saturated rings. The standard InChI is InChI=1S/C28H23FN6OS/c1-16-9-18(7-8-21-17(2)37-15-31-21)10-24(32-16)28(36)34-26(23-11-19-5-3-4-6-22(19)33-23)27-25-12-20(29)13-35(25)14-30-27/h3-6,9-11,14-15,20,26,33H,12-13H2,1-2H3,(H,34,36)/t20-,26?/m1/s1. The number of pyridine rings is 1. The summed E-state index contributed by atoms with van der Waals surface area (Å²) in [5, 5.41) is 4.11. The van der Waals surface area contributed by atoms with Crippen LogP contribution in [0.25, 0.3) is 10.9 Å². The van der Waals surface area contributed by atoms with Crippen LogP contribution in [-0.4, -0.2) is 36.6 Å². The molecular formula is C28H23FN6OS. The van der Waals surface area contributed by atoms with E-state index >= 15 is 0 Å². The van der Waals surface area contributed by atoms with Gasteiger partial charge in [0.05, 0.1) is 24.1 Å². The first-order chi connectivity index (χ1) is 17.9. The molecule has 9 heteroatoms. The van der Waals surface area contributed by atoms with E-state index in [1.54, 1.807) is 17.9 Å². The van der Waals surface area contributed by atoms with Crippen molar-refractivity contribution in [1.29, 1.82) is 0 Å². The smallest absolute Gasteiger partial charge is 0.270 e. The Bertz CT molecular complexity index is 1670. The number of carbonyl (C=O) groups excluding carboxylic acids is 1. The van der Waals surface area contributed by atoms with Crippen LogP contribution in [0.3, 0.4) is 0 Å². The molecule has 0 saturated heterocycles. The number of nitrogens with one attached hydrogen (secondary N) is 2. The van der Waals surface area contributed by atoms with Crippen molar-refractivity contribution in [2.24, 2.45) is 0 Å². The third-order valence-corrected chi connectivity index (χ3v) is 7.21. The number of para-hydroxylation sites is 1. The van der Waals surface area contributed by atoms with Gasteiger partial charge in [-0.15, -0.1) is 11.3 Å². The lowest BCUT2D eigenvalue weighted by atomic mass is 10.1. The lowest BCUT2D eigenvalue weighted by Crippen LogP contribution is -2.31. The fourth-order valence-corrected chi connectivity index (χ4v) is 5.23. The Morgan fingerprint density at radius 1 is 1.22 bits per heavy atom. The van der Waals surface area contributed by atoms with Crippen LogP contribution in [0.15, 0.2) is 54.3 Å². The Morgan fingerprint density at radius 2 is 2.08 bits per heavy atom. The van der Waals surface area contributed by atoms with Gasteiger partial charge in [-0.3, -0.25) is 4.79 Å². The van der Waals surface area contributed by atoms with Gasteiger partial charge in [0, 0.05) is 39.5 Å². The lowest BCUT2D eigenvalue weighted by molar-refractivity contribution is 0.0936. The number of benzene rings is 1. The summed E-state index contributed by atoms with van der Waals surface area (Å²) in [6, 6.07) is 12.8. The summed E-state index contributed by atoms with van der Waals surface area (Å²) in [5.41, 5.74) is 7.23. The van der Waals surface area contributed by atoms with E-state index in [2.05, 4.69) is 37.1 Å². The Labute approximate surface area is 216 Å². The monoisotopic (exact) mass is 510 g/mol. The number of amides is 1. The van der Waals surface area contributed by atoms with E-state index in [9.17, 15) is 9.18 Å². The van der Waals surface area contributed by atoms with Crippen LogP contribution in [0, 0.1) is 25.7 Å². The number of carbonyl (C=O) groups is 1. The quantitative estimate of drug-likeness (QED) is 0.345. The molecule has 0 radical (unpaired) electrons. The van der Waals surface area contributed by atoms with Crippen LogP contribution in [-0.2, 0) is 13.0 Å². The Morgan fingerprint density at radius 3 is 2.89 bits per heavy atom. The van der Waals surface area contributed by atoms with Gasteiger partial charge in [0.25, 0.3) is 5.91 Å². The molecule has 0 saturated carbocycles. The van der Waals surface area contributed by atoms with Gasteiger partial charge in [0.1, 0.15) is 23.6 Å². The molecule has 5 aromatic rings. The van der Waals surface area contributed by atoms with Gasteiger partial charge < -0.3 is 14.9 Å². The van der Waals surface area contributed by atoms with Crippen LogP contribution in [0.4, 0.5) is 4.39 Å². The number of aryl methyl sites for hydroxylation is 2. The molecule has 6 rings (SSSR count). The molecule has 2 N–H and O–H groups in total. The molecule has 7 nitrogen and oxygen atoms in total. The fraction of sp³-hybridized carbons (Fsp3) is 0.214. The molecule has 5 heterocycles. The van der Waals surface area contributed by atoms with Crippen molar-refractivity contribution in [3.8, 4) is 11.8 Å². The average molecular weight is 511 g/mol. The molecule has 0 spiro atoms. The summed E-state index contributed by atoms with van der Waals surface area (Å²) >= 11 is 1.54. The Balaban J connectivity index is 1.36. The van der Waals surface area contributed by atoms with E-state index in [0.717, 1.165) is 32.9 Å². The summed E-state index contributed by atoms with van der Waals surface area (Å²) in [7, 11) is 0. The summed E-state index contributed by atoms with van der Waals surface area (Å²) in [5.74, 6) is 5.82. The molecule has 4 aromatic heterocycles. The predicted octanol–water partition coefficient (Wildman–Crippen LogP) is 4.65. The number of rotatable bonds is 4. The average Bonchev–Trinajstić information content (AvgIpc) is 3.65.